The van der Waals surface area contributed by atoms with E-state index in [1.807, 2.05) is 0 Å². The molecule has 0 heterocycles. The lowest BCUT2D eigenvalue weighted by Gasteiger charge is -2.17. The summed E-state index contributed by atoms with van der Waals surface area (Å²) in [5.41, 5.74) is 0. The van der Waals surface area contributed by atoms with E-state index in [0.717, 1.165) is 0 Å². The van der Waals surface area contributed by atoms with E-state index < -0.39 is 25.7 Å². The molecule has 0 aliphatic heterocycles. The standard InChI is InChI=1S/C5H12O2S2/c1-5(2,8(3)6)9(4)7/h1-4H3. The highest BCUT2D eigenvalue weighted by Crippen LogP contribution is 2.14. The van der Waals surface area contributed by atoms with Crippen molar-refractivity contribution in [3.63, 3.8) is 0 Å². The van der Waals surface area contributed by atoms with Crippen molar-refractivity contribution in [1.82, 2.24) is 0 Å². The Bertz CT molecular complexity index is 135. The van der Waals surface area contributed by atoms with Crippen molar-refractivity contribution >= 4 is 21.6 Å². The molecule has 0 radical (unpaired) electrons. The van der Waals surface area contributed by atoms with Gasteiger partial charge in [0.15, 0.2) is 0 Å². The first-order valence-electron chi connectivity index (χ1n) is 2.56. The molecule has 0 saturated heterocycles. The number of rotatable bonds is 2. The van der Waals surface area contributed by atoms with Gasteiger partial charge in [0.25, 0.3) is 0 Å². The molecule has 0 aromatic carbocycles. The maximum absolute atomic E-state index is 10.8. The Hall–Kier alpha value is 0.300. The molecule has 4 heteroatoms. The average molecular weight is 168 g/mol. The lowest BCUT2D eigenvalue weighted by atomic mass is 10.5. The van der Waals surface area contributed by atoms with Crippen LogP contribution in [0.1, 0.15) is 13.8 Å². The zero-order valence-corrected chi connectivity index (χ0v) is 7.77. The van der Waals surface area contributed by atoms with Crippen molar-refractivity contribution in [3.05, 3.63) is 0 Å². The lowest BCUT2D eigenvalue weighted by Crippen LogP contribution is -2.30. The topological polar surface area (TPSA) is 34.1 Å². The fourth-order valence-corrected chi connectivity index (χ4v) is 1.49. The fraction of sp³-hybridized carbons (Fsp3) is 1.00. The van der Waals surface area contributed by atoms with Gasteiger partial charge in [-0.3, -0.25) is 8.42 Å². The highest BCUT2D eigenvalue weighted by Gasteiger charge is 2.26. The summed E-state index contributed by atoms with van der Waals surface area (Å²) in [6.45, 7) is 3.47. The first-order chi connectivity index (χ1) is 3.89. The molecule has 0 amide bonds. The molecule has 0 fully saturated rings. The number of hydrogen-bond donors (Lipinski definition) is 0. The van der Waals surface area contributed by atoms with E-state index >= 15 is 0 Å². The lowest BCUT2D eigenvalue weighted by molar-refractivity contribution is 0.659. The van der Waals surface area contributed by atoms with Crippen LogP contribution in [0.4, 0.5) is 0 Å². The quantitative estimate of drug-likeness (QED) is 0.601. The second kappa shape index (κ2) is 2.92. The molecule has 0 rings (SSSR count). The van der Waals surface area contributed by atoms with Crippen molar-refractivity contribution in [2.45, 2.75) is 17.9 Å². The van der Waals surface area contributed by atoms with Gasteiger partial charge in [0.2, 0.25) is 0 Å². The summed E-state index contributed by atoms with van der Waals surface area (Å²) in [6, 6.07) is 0. The Morgan fingerprint density at radius 1 is 1.00 bits per heavy atom. The third kappa shape index (κ3) is 2.18. The van der Waals surface area contributed by atoms with Crippen LogP contribution in [0.5, 0.6) is 0 Å². The molecule has 0 aliphatic rings. The van der Waals surface area contributed by atoms with Crippen molar-refractivity contribution in [3.8, 4) is 0 Å². The van der Waals surface area contributed by atoms with E-state index in [4.69, 9.17) is 0 Å². The summed E-state index contributed by atoms with van der Waals surface area (Å²) in [5, 5.41) is 0. The van der Waals surface area contributed by atoms with Gasteiger partial charge in [0, 0.05) is 34.1 Å². The molecule has 0 bridgehead atoms. The van der Waals surface area contributed by atoms with E-state index in [9.17, 15) is 8.42 Å². The summed E-state index contributed by atoms with van der Waals surface area (Å²) in [4.78, 5) is 0. The highest BCUT2D eigenvalue weighted by atomic mass is 32.2. The van der Waals surface area contributed by atoms with Crippen LogP contribution in [0.15, 0.2) is 0 Å². The first-order valence-corrected chi connectivity index (χ1v) is 5.67. The van der Waals surface area contributed by atoms with Gasteiger partial charge in [0.1, 0.15) is 4.08 Å². The molecule has 0 saturated carbocycles. The van der Waals surface area contributed by atoms with Gasteiger partial charge >= 0.3 is 0 Å². The molecular formula is C5H12O2S2. The molecule has 0 aliphatic carbocycles. The van der Waals surface area contributed by atoms with Crippen LogP contribution in [-0.2, 0) is 21.6 Å². The average Bonchev–Trinajstić information content (AvgIpc) is 1.65. The predicted octanol–water partition coefficient (Wildman–Crippen LogP) is 0.480. The maximum atomic E-state index is 10.8. The minimum Gasteiger partial charge on any atom is -0.258 e. The molecule has 0 spiro atoms. The Morgan fingerprint density at radius 2 is 1.22 bits per heavy atom. The predicted molar refractivity (Wildman–Crippen MR) is 42.2 cm³/mol. The molecule has 2 unspecified atom stereocenters. The minimum atomic E-state index is -1.01. The van der Waals surface area contributed by atoms with Gasteiger partial charge in [0.05, 0.1) is 0 Å². The Kier molecular flexibility index (Phi) is 3.02. The first kappa shape index (κ1) is 9.30. The van der Waals surface area contributed by atoms with E-state index in [1.165, 1.54) is 0 Å². The van der Waals surface area contributed by atoms with Crippen LogP contribution < -0.4 is 0 Å². The Morgan fingerprint density at radius 3 is 1.22 bits per heavy atom. The molecule has 0 aromatic rings. The zero-order chi connectivity index (χ0) is 7.65. The van der Waals surface area contributed by atoms with Gasteiger partial charge in [-0.05, 0) is 13.8 Å². The van der Waals surface area contributed by atoms with Crippen LogP contribution in [0.3, 0.4) is 0 Å². The summed E-state index contributed by atoms with van der Waals surface area (Å²) < 4.78 is 21.1. The van der Waals surface area contributed by atoms with Crippen LogP contribution >= 0.6 is 0 Å². The van der Waals surface area contributed by atoms with E-state index in [0.29, 0.717) is 0 Å². The minimum absolute atomic E-state index is 0.556. The van der Waals surface area contributed by atoms with Gasteiger partial charge in [-0.15, -0.1) is 0 Å². The smallest absolute Gasteiger partial charge is 0.114 e. The van der Waals surface area contributed by atoms with Gasteiger partial charge in [-0.2, -0.15) is 0 Å². The second-order valence-electron chi connectivity index (χ2n) is 2.31. The molecule has 9 heavy (non-hydrogen) atoms. The van der Waals surface area contributed by atoms with Crippen LogP contribution in [0.25, 0.3) is 0 Å². The molecule has 2 atom stereocenters. The van der Waals surface area contributed by atoms with Gasteiger partial charge in [-0.25, -0.2) is 0 Å². The summed E-state index contributed by atoms with van der Waals surface area (Å²) in [5.74, 6) is 0. The largest absolute Gasteiger partial charge is 0.258 e. The van der Waals surface area contributed by atoms with Crippen LogP contribution in [-0.4, -0.2) is 25.0 Å². The molecule has 2 nitrogen and oxygen atoms in total. The van der Waals surface area contributed by atoms with Crippen molar-refractivity contribution in [2.75, 3.05) is 12.5 Å². The Balaban J connectivity index is 4.38. The Labute approximate surface area is 60.9 Å². The van der Waals surface area contributed by atoms with Crippen LogP contribution in [0, 0.1) is 0 Å². The van der Waals surface area contributed by atoms with Crippen molar-refractivity contribution < 1.29 is 8.42 Å². The third-order valence-electron chi connectivity index (χ3n) is 1.38. The SMILES string of the molecule is CS(=O)C(C)(C)S(C)=O. The normalized spacial score (nSPS) is 19.1. The van der Waals surface area contributed by atoms with Crippen molar-refractivity contribution in [2.24, 2.45) is 0 Å². The fourth-order valence-electron chi connectivity index (χ4n) is 0.165. The van der Waals surface area contributed by atoms with E-state index in [2.05, 4.69) is 0 Å². The highest BCUT2D eigenvalue weighted by molar-refractivity contribution is 8.03. The van der Waals surface area contributed by atoms with Crippen LogP contribution in [0.2, 0.25) is 0 Å². The molecule has 0 aromatic heterocycles. The molecule has 56 valence electrons. The summed E-state index contributed by atoms with van der Waals surface area (Å²) >= 11 is 0. The number of hydrogen-bond acceptors (Lipinski definition) is 2. The monoisotopic (exact) mass is 168 g/mol. The summed E-state index contributed by atoms with van der Waals surface area (Å²) in [6.07, 6.45) is 3.14. The van der Waals surface area contributed by atoms with Crippen molar-refractivity contribution in [1.29, 1.82) is 0 Å². The second-order valence-corrected chi connectivity index (χ2v) is 6.42. The van der Waals surface area contributed by atoms with E-state index in [1.54, 1.807) is 26.4 Å². The van der Waals surface area contributed by atoms with E-state index in [-0.39, 0.29) is 0 Å². The molecule has 0 N–H and O–H groups in total. The van der Waals surface area contributed by atoms with Gasteiger partial charge < -0.3 is 0 Å². The molecular weight excluding hydrogens is 156 g/mol. The zero-order valence-electron chi connectivity index (χ0n) is 6.13. The third-order valence-corrected chi connectivity index (χ3v) is 5.56. The summed E-state index contributed by atoms with van der Waals surface area (Å²) in [7, 11) is -2.01. The maximum Gasteiger partial charge on any atom is 0.114 e. The van der Waals surface area contributed by atoms with Gasteiger partial charge in [-0.1, -0.05) is 0 Å².